The molecule has 0 aliphatic rings. The molecule has 0 atom stereocenters. The summed E-state index contributed by atoms with van der Waals surface area (Å²) in [5.41, 5.74) is 9.08. The van der Waals surface area contributed by atoms with Crippen LogP contribution in [0.2, 0.25) is 0 Å². The van der Waals surface area contributed by atoms with Crippen molar-refractivity contribution in [2.45, 2.75) is 13.5 Å². The van der Waals surface area contributed by atoms with Crippen LogP contribution in [0.5, 0.6) is 0 Å². The highest BCUT2D eigenvalue weighted by molar-refractivity contribution is 9.10. The number of amides is 1. The van der Waals surface area contributed by atoms with Gasteiger partial charge in [-0.1, -0.05) is 29.8 Å². The number of anilines is 1. The van der Waals surface area contributed by atoms with Crippen LogP contribution in [0.3, 0.4) is 0 Å². The molecule has 0 saturated carbocycles. The van der Waals surface area contributed by atoms with E-state index in [9.17, 15) is 4.79 Å². The lowest BCUT2D eigenvalue weighted by molar-refractivity contribution is 0.0950. The number of benzene rings is 2. The van der Waals surface area contributed by atoms with E-state index in [1.807, 2.05) is 31.2 Å². The zero-order valence-corrected chi connectivity index (χ0v) is 12.2. The number of nitrogen functional groups attached to an aromatic ring is 1. The van der Waals surface area contributed by atoms with Crippen LogP contribution in [0, 0.1) is 6.92 Å². The van der Waals surface area contributed by atoms with E-state index < -0.39 is 0 Å². The molecule has 0 heterocycles. The Hall–Kier alpha value is -1.81. The van der Waals surface area contributed by atoms with E-state index in [0.29, 0.717) is 17.8 Å². The standard InChI is InChI=1S/C15H15BrN2O/c1-10-2-4-11(5-3-10)9-18-15(19)13-8-12(17)6-7-14(13)16/h2-8H,9,17H2,1H3,(H,18,19). The zero-order chi connectivity index (χ0) is 13.8. The van der Waals surface area contributed by atoms with Crippen molar-refractivity contribution in [2.75, 3.05) is 5.73 Å². The van der Waals surface area contributed by atoms with Gasteiger partial charge in [0.15, 0.2) is 0 Å². The lowest BCUT2D eigenvalue weighted by Crippen LogP contribution is -2.23. The van der Waals surface area contributed by atoms with Gasteiger partial charge in [-0.2, -0.15) is 0 Å². The van der Waals surface area contributed by atoms with Crippen molar-refractivity contribution in [3.05, 3.63) is 63.6 Å². The van der Waals surface area contributed by atoms with E-state index in [0.717, 1.165) is 10.0 Å². The third-order valence-electron chi connectivity index (χ3n) is 2.81. The van der Waals surface area contributed by atoms with Crippen molar-refractivity contribution in [1.29, 1.82) is 0 Å². The molecule has 2 aromatic rings. The maximum atomic E-state index is 12.1. The van der Waals surface area contributed by atoms with Crippen molar-refractivity contribution >= 4 is 27.5 Å². The summed E-state index contributed by atoms with van der Waals surface area (Å²) in [5.74, 6) is -0.139. The van der Waals surface area contributed by atoms with Crippen LogP contribution in [-0.2, 0) is 6.54 Å². The molecule has 3 N–H and O–H groups in total. The Balaban J connectivity index is 2.05. The molecule has 0 aromatic heterocycles. The van der Waals surface area contributed by atoms with E-state index in [1.54, 1.807) is 18.2 Å². The molecule has 0 bridgehead atoms. The molecule has 0 aliphatic carbocycles. The van der Waals surface area contributed by atoms with E-state index in [1.165, 1.54) is 5.56 Å². The van der Waals surface area contributed by atoms with Crippen LogP contribution in [0.25, 0.3) is 0 Å². The number of nitrogens with two attached hydrogens (primary N) is 1. The molecule has 3 nitrogen and oxygen atoms in total. The van der Waals surface area contributed by atoms with Gasteiger partial charge < -0.3 is 11.1 Å². The summed E-state index contributed by atoms with van der Waals surface area (Å²) in [6.45, 7) is 2.53. The van der Waals surface area contributed by atoms with E-state index in [2.05, 4.69) is 21.2 Å². The predicted molar refractivity (Wildman–Crippen MR) is 80.9 cm³/mol. The molecule has 4 heteroatoms. The number of aryl methyl sites for hydroxylation is 1. The topological polar surface area (TPSA) is 55.1 Å². The van der Waals surface area contributed by atoms with Crippen molar-refractivity contribution in [3.8, 4) is 0 Å². The third kappa shape index (κ3) is 3.58. The third-order valence-corrected chi connectivity index (χ3v) is 3.50. The first-order valence-electron chi connectivity index (χ1n) is 5.95. The molecule has 1 amide bonds. The first-order valence-corrected chi connectivity index (χ1v) is 6.74. The lowest BCUT2D eigenvalue weighted by atomic mass is 10.1. The Kier molecular flexibility index (Phi) is 4.22. The van der Waals surface area contributed by atoms with Crippen LogP contribution < -0.4 is 11.1 Å². The van der Waals surface area contributed by atoms with Gasteiger partial charge in [0.1, 0.15) is 0 Å². The largest absolute Gasteiger partial charge is 0.399 e. The summed E-state index contributed by atoms with van der Waals surface area (Å²) in [6.07, 6.45) is 0. The molecule has 98 valence electrons. The molecule has 0 saturated heterocycles. The number of hydrogen-bond acceptors (Lipinski definition) is 2. The van der Waals surface area contributed by atoms with Gasteiger partial charge in [0.25, 0.3) is 5.91 Å². The first-order chi connectivity index (χ1) is 9.06. The Bertz CT molecular complexity index is 594. The minimum Gasteiger partial charge on any atom is -0.399 e. The van der Waals surface area contributed by atoms with Gasteiger partial charge in [0, 0.05) is 16.7 Å². The second-order valence-corrected chi connectivity index (χ2v) is 5.26. The van der Waals surface area contributed by atoms with Gasteiger partial charge in [-0.3, -0.25) is 4.79 Å². The van der Waals surface area contributed by atoms with E-state index in [-0.39, 0.29) is 5.91 Å². The van der Waals surface area contributed by atoms with E-state index >= 15 is 0 Å². The summed E-state index contributed by atoms with van der Waals surface area (Å²) in [5, 5.41) is 2.88. The molecule has 2 rings (SSSR count). The molecule has 0 fully saturated rings. The van der Waals surface area contributed by atoms with Crippen LogP contribution in [0.15, 0.2) is 46.9 Å². The Morgan fingerprint density at radius 1 is 1.21 bits per heavy atom. The minimum atomic E-state index is -0.139. The summed E-state index contributed by atoms with van der Waals surface area (Å²) in [4.78, 5) is 12.1. The second kappa shape index (κ2) is 5.89. The molecule has 0 aliphatic heterocycles. The molecular formula is C15H15BrN2O. The Labute approximate surface area is 121 Å². The van der Waals surface area contributed by atoms with Gasteiger partial charge >= 0.3 is 0 Å². The Morgan fingerprint density at radius 2 is 1.89 bits per heavy atom. The molecule has 0 unspecified atom stereocenters. The smallest absolute Gasteiger partial charge is 0.252 e. The average Bonchev–Trinajstić information content (AvgIpc) is 2.40. The first kappa shape index (κ1) is 13.6. The highest BCUT2D eigenvalue weighted by Gasteiger charge is 2.09. The summed E-state index contributed by atoms with van der Waals surface area (Å²) in [6, 6.07) is 13.2. The van der Waals surface area contributed by atoms with Gasteiger partial charge in [-0.25, -0.2) is 0 Å². The van der Waals surface area contributed by atoms with E-state index in [4.69, 9.17) is 5.73 Å². The fraction of sp³-hybridized carbons (Fsp3) is 0.133. The van der Waals surface area contributed by atoms with Crippen LogP contribution in [-0.4, -0.2) is 5.91 Å². The lowest BCUT2D eigenvalue weighted by Gasteiger charge is -2.08. The molecular weight excluding hydrogens is 304 g/mol. The monoisotopic (exact) mass is 318 g/mol. The number of halogens is 1. The number of hydrogen-bond donors (Lipinski definition) is 2. The van der Waals surface area contributed by atoms with Crippen molar-refractivity contribution < 1.29 is 4.79 Å². The summed E-state index contributed by atoms with van der Waals surface area (Å²) < 4.78 is 0.739. The van der Waals surface area contributed by atoms with Crippen LogP contribution in [0.1, 0.15) is 21.5 Å². The van der Waals surface area contributed by atoms with Gasteiger partial charge in [-0.15, -0.1) is 0 Å². The molecule has 0 spiro atoms. The normalized spacial score (nSPS) is 10.2. The SMILES string of the molecule is Cc1ccc(CNC(=O)c2cc(N)ccc2Br)cc1. The number of rotatable bonds is 3. The number of carbonyl (C=O) groups is 1. The molecule has 2 aromatic carbocycles. The van der Waals surface area contributed by atoms with Crippen molar-refractivity contribution in [2.24, 2.45) is 0 Å². The van der Waals surface area contributed by atoms with Gasteiger partial charge in [0.05, 0.1) is 5.56 Å². The minimum absolute atomic E-state index is 0.139. The number of nitrogens with one attached hydrogen (secondary N) is 1. The highest BCUT2D eigenvalue weighted by atomic mass is 79.9. The average molecular weight is 319 g/mol. The summed E-state index contributed by atoms with van der Waals surface area (Å²) >= 11 is 3.35. The van der Waals surface area contributed by atoms with Gasteiger partial charge in [-0.05, 0) is 46.6 Å². The van der Waals surface area contributed by atoms with Crippen LogP contribution >= 0.6 is 15.9 Å². The molecule has 0 radical (unpaired) electrons. The maximum absolute atomic E-state index is 12.1. The van der Waals surface area contributed by atoms with Gasteiger partial charge in [0.2, 0.25) is 0 Å². The highest BCUT2D eigenvalue weighted by Crippen LogP contribution is 2.19. The fourth-order valence-corrected chi connectivity index (χ4v) is 2.13. The predicted octanol–water partition coefficient (Wildman–Crippen LogP) is 3.27. The second-order valence-electron chi connectivity index (χ2n) is 4.41. The zero-order valence-electron chi connectivity index (χ0n) is 10.6. The quantitative estimate of drug-likeness (QED) is 0.853. The van der Waals surface area contributed by atoms with Crippen LogP contribution in [0.4, 0.5) is 5.69 Å². The summed E-state index contributed by atoms with van der Waals surface area (Å²) in [7, 11) is 0. The fourth-order valence-electron chi connectivity index (χ4n) is 1.70. The van der Waals surface area contributed by atoms with Crippen molar-refractivity contribution in [3.63, 3.8) is 0 Å². The van der Waals surface area contributed by atoms with Crippen molar-refractivity contribution in [1.82, 2.24) is 5.32 Å². The Morgan fingerprint density at radius 3 is 2.58 bits per heavy atom. The number of carbonyl (C=O) groups excluding carboxylic acids is 1. The molecule has 19 heavy (non-hydrogen) atoms. The maximum Gasteiger partial charge on any atom is 0.252 e.